The number of thioether (sulfide) groups is 2. The molecule has 2 aromatic carbocycles. The molecule has 0 nitrogen and oxygen atoms in total. The number of halogens is 1. The van der Waals surface area contributed by atoms with E-state index in [2.05, 4.69) is 30.5 Å². The molecule has 2 aromatic rings. The third-order valence-electron chi connectivity index (χ3n) is 3.42. The fourth-order valence-electron chi connectivity index (χ4n) is 2.38. The lowest BCUT2D eigenvalue weighted by Gasteiger charge is -2.08. The van der Waals surface area contributed by atoms with Gasteiger partial charge in [0.1, 0.15) is 5.82 Å². The second-order valence-electron chi connectivity index (χ2n) is 4.64. The van der Waals surface area contributed by atoms with E-state index < -0.39 is 0 Å². The first-order valence-electron chi connectivity index (χ1n) is 6.54. The summed E-state index contributed by atoms with van der Waals surface area (Å²) in [4.78, 5) is 2.57. The predicted molar refractivity (Wildman–Crippen MR) is 88.5 cm³/mol. The van der Waals surface area contributed by atoms with Gasteiger partial charge in [-0.3, -0.25) is 0 Å². The summed E-state index contributed by atoms with van der Waals surface area (Å²) >= 11 is 3.62. The van der Waals surface area contributed by atoms with Crippen LogP contribution >= 0.6 is 23.5 Å². The van der Waals surface area contributed by atoms with Crippen molar-refractivity contribution >= 4 is 34.0 Å². The van der Waals surface area contributed by atoms with E-state index in [0.717, 1.165) is 17.7 Å². The third-order valence-corrected chi connectivity index (χ3v) is 5.34. The molecule has 0 saturated carbocycles. The maximum Gasteiger partial charge on any atom is 0.123 e. The lowest BCUT2D eigenvalue weighted by atomic mass is 10.0. The lowest BCUT2D eigenvalue weighted by molar-refractivity contribution is 0.628. The van der Waals surface area contributed by atoms with Gasteiger partial charge in [-0.1, -0.05) is 24.3 Å². The molecule has 20 heavy (non-hydrogen) atoms. The van der Waals surface area contributed by atoms with Gasteiger partial charge < -0.3 is 0 Å². The highest BCUT2D eigenvalue weighted by atomic mass is 32.2. The quantitative estimate of drug-likeness (QED) is 0.681. The SMILES string of the molecule is CSc1ccc(C2=C(c3ccc(F)cc3)SCC2)cc1. The van der Waals surface area contributed by atoms with E-state index in [1.165, 1.54) is 33.1 Å². The Balaban J connectivity index is 2.00. The van der Waals surface area contributed by atoms with Crippen molar-refractivity contribution in [1.82, 2.24) is 0 Å². The summed E-state index contributed by atoms with van der Waals surface area (Å²) in [5.74, 6) is 0.926. The van der Waals surface area contributed by atoms with Crippen molar-refractivity contribution in [2.45, 2.75) is 11.3 Å². The van der Waals surface area contributed by atoms with E-state index in [9.17, 15) is 4.39 Å². The van der Waals surface area contributed by atoms with Crippen LogP contribution in [0.3, 0.4) is 0 Å². The Hall–Kier alpha value is -1.19. The molecule has 0 aliphatic carbocycles. The highest BCUT2D eigenvalue weighted by Gasteiger charge is 2.18. The standard InChI is InChI=1S/C17H15FS2/c1-19-15-8-4-12(5-9-15)16-10-11-20-17(16)13-2-6-14(18)7-3-13/h2-9H,10-11H2,1H3. The van der Waals surface area contributed by atoms with Crippen molar-refractivity contribution < 1.29 is 4.39 Å². The highest BCUT2D eigenvalue weighted by Crippen LogP contribution is 2.44. The monoisotopic (exact) mass is 302 g/mol. The highest BCUT2D eigenvalue weighted by molar-refractivity contribution is 8.08. The zero-order chi connectivity index (χ0) is 13.9. The minimum absolute atomic E-state index is 0.178. The van der Waals surface area contributed by atoms with Gasteiger partial charge in [-0.25, -0.2) is 4.39 Å². The number of hydrogen-bond acceptors (Lipinski definition) is 2. The Morgan fingerprint density at radius 1 is 0.950 bits per heavy atom. The number of rotatable bonds is 3. The van der Waals surface area contributed by atoms with Crippen LogP contribution in [0.25, 0.3) is 10.5 Å². The fourth-order valence-corrected chi connectivity index (χ4v) is 4.00. The second-order valence-corrected chi connectivity index (χ2v) is 6.63. The maximum absolute atomic E-state index is 13.1. The molecule has 102 valence electrons. The Morgan fingerprint density at radius 3 is 2.25 bits per heavy atom. The first-order valence-corrected chi connectivity index (χ1v) is 8.75. The summed E-state index contributed by atoms with van der Waals surface area (Å²) in [6.07, 6.45) is 3.17. The zero-order valence-electron chi connectivity index (χ0n) is 11.2. The fraction of sp³-hybridized carbons (Fsp3) is 0.176. The van der Waals surface area contributed by atoms with Crippen molar-refractivity contribution in [2.75, 3.05) is 12.0 Å². The van der Waals surface area contributed by atoms with E-state index in [0.29, 0.717) is 0 Å². The molecule has 3 rings (SSSR count). The molecule has 0 spiro atoms. The number of benzene rings is 2. The summed E-state index contributed by atoms with van der Waals surface area (Å²) in [5.41, 5.74) is 3.79. The molecule has 0 aromatic heterocycles. The van der Waals surface area contributed by atoms with Crippen LogP contribution in [0.4, 0.5) is 4.39 Å². The van der Waals surface area contributed by atoms with E-state index in [1.807, 2.05) is 23.9 Å². The van der Waals surface area contributed by atoms with Crippen LogP contribution in [0.2, 0.25) is 0 Å². The van der Waals surface area contributed by atoms with Crippen LogP contribution in [0, 0.1) is 5.82 Å². The lowest BCUT2D eigenvalue weighted by Crippen LogP contribution is -1.86. The molecule has 1 aliphatic rings. The van der Waals surface area contributed by atoms with Crippen molar-refractivity contribution in [2.24, 2.45) is 0 Å². The topological polar surface area (TPSA) is 0 Å². The molecule has 0 N–H and O–H groups in total. The molecule has 0 atom stereocenters. The van der Waals surface area contributed by atoms with Gasteiger partial charge in [0.2, 0.25) is 0 Å². The van der Waals surface area contributed by atoms with Crippen LogP contribution in [-0.4, -0.2) is 12.0 Å². The van der Waals surface area contributed by atoms with Gasteiger partial charge in [0.05, 0.1) is 0 Å². The zero-order valence-corrected chi connectivity index (χ0v) is 12.9. The maximum atomic E-state index is 13.1. The average molecular weight is 302 g/mol. The van der Waals surface area contributed by atoms with Crippen molar-refractivity contribution in [3.05, 3.63) is 65.5 Å². The number of allylic oxidation sites excluding steroid dienone is 1. The van der Waals surface area contributed by atoms with Gasteiger partial charge in [-0.05, 0) is 53.6 Å². The van der Waals surface area contributed by atoms with Gasteiger partial charge in [0.25, 0.3) is 0 Å². The van der Waals surface area contributed by atoms with Crippen LogP contribution in [0.15, 0.2) is 53.4 Å². The third kappa shape index (κ3) is 2.79. The van der Waals surface area contributed by atoms with Crippen molar-refractivity contribution in [1.29, 1.82) is 0 Å². The molecule has 0 radical (unpaired) electrons. The Kier molecular flexibility index (Phi) is 4.18. The normalized spacial score (nSPS) is 14.9. The van der Waals surface area contributed by atoms with Gasteiger partial charge in [0.15, 0.2) is 0 Å². The molecule has 0 saturated heterocycles. The van der Waals surface area contributed by atoms with Gasteiger partial charge in [0, 0.05) is 15.6 Å². The van der Waals surface area contributed by atoms with Crippen LogP contribution in [0.5, 0.6) is 0 Å². The largest absolute Gasteiger partial charge is 0.207 e. The van der Waals surface area contributed by atoms with E-state index in [1.54, 1.807) is 11.8 Å². The van der Waals surface area contributed by atoms with Gasteiger partial charge >= 0.3 is 0 Å². The van der Waals surface area contributed by atoms with Gasteiger partial charge in [-0.2, -0.15) is 0 Å². The van der Waals surface area contributed by atoms with E-state index in [-0.39, 0.29) is 5.82 Å². The molecule has 1 aliphatic heterocycles. The Morgan fingerprint density at radius 2 is 1.60 bits per heavy atom. The van der Waals surface area contributed by atoms with E-state index in [4.69, 9.17) is 0 Å². The number of hydrogen-bond donors (Lipinski definition) is 0. The second kappa shape index (κ2) is 6.06. The molecule has 0 bridgehead atoms. The van der Waals surface area contributed by atoms with Crippen LogP contribution in [0.1, 0.15) is 17.5 Å². The van der Waals surface area contributed by atoms with Gasteiger partial charge in [-0.15, -0.1) is 23.5 Å². The molecule has 0 amide bonds. The molecule has 0 unspecified atom stereocenters. The van der Waals surface area contributed by atoms with Crippen LogP contribution in [-0.2, 0) is 0 Å². The molecular formula is C17H15FS2. The summed E-state index contributed by atoms with van der Waals surface area (Å²) in [5, 5.41) is 0. The summed E-state index contributed by atoms with van der Waals surface area (Å²) in [6.45, 7) is 0. The first-order chi connectivity index (χ1) is 9.78. The minimum atomic E-state index is -0.178. The van der Waals surface area contributed by atoms with Crippen molar-refractivity contribution in [3.8, 4) is 0 Å². The smallest absolute Gasteiger partial charge is 0.123 e. The molecular weight excluding hydrogens is 287 g/mol. The summed E-state index contributed by atoms with van der Waals surface area (Å²) in [7, 11) is 0. The Bertz CT molecular complexity index is 627. The predicted octanol–water partition coefficient (Wildman–Crippen LogP) is 5.55. The molecule has 1 heterocycles. The Labute approximate surface area is 127 Å². The molecule has 0 fully saturated rings. The first kappa shape index (κ1) is 13.8. The average Bonchev–Trinajstić information content (AvgIpc) is 2.97. The minimum Gasteiger partial charge on any atom is -0.207 e. The molecule has 3 heteroatoms. The van der Waals surface area contributed by atoms with E-state index >= 15 is 0 Å². The summed E-state index contributed by atoms with van der Waals surface area (Å²) < 4.78 is 13.1. The van der Waals surface area contributed by atoms with Crippen molar-refractivity contribution in [3.63, 3.8) is 0 Å². The summed E-state index contributed by atoms with van der Waals surface area (Å²) in [6, 6.07) is 15.5. The van der Waals surface area contributed by atoms with Crippen LogP contribution < -0.4 is 0 Å².